The SMILES string of the molecule is CC(C)c1ccc(C(=O)NN(C(=O)c2ccccc2)C(C)(C)C)cc1. The normalized spacial score (nSPS) is 11.3. The number of hydrazine groups is 1. The quantitative estimate of drug-likeness (QED) is 0.844. The van der Waals surface area contributed by atoms with E-state index < -0.39 is 5.54 Å². The lowest BCUT2D eigenvalue weighted by Gasteiger charge is -2.35. The van der Waals surface area contributed by atoms with E-state index in [-0.39, 0.29) is 11.8 Å². The van der Waals surface area contributed by atoms with Crippen molar-refractivity contribution in [3.05, 3.63) is 71.3 Å². The van der Waals surface area contributed by atoms with E-state index in [1.54, 1.807) is 36.4 Å². The van der Waals surface area contributed by atoms with Gasteiger partial charge < -0.3 is 0 Å². The summed E-state index contributed by atoms with van der Waals surface area (Å²) in [5, 5.41) is 1.39. The first-order valence-electron chi connectivity index (χ1n) is 8.50. The summed E-state index contributed by atoms with van der Waals surface area (Å²) in [6.07, 6.45) is 0. The molecular formula is C21H26N2O2. The Morgan fingerprint density at radius 3 is 1.92 bits per heavy atom. The van der Waals surface area contributed by atoms with Crippen LogP contribution in [0.4, 0.5) is 0 Å². The number of hydrogen-bond acceptors (Lipinski definition) is 2. The van der Waals surface area contributed by atoms with Crippen molar-refractivity contribution in [2.45, 2.75) is 46.1 Å². The second kappa shape index (κ2) is 7.51. The number of nitrogens with zero attached hydrogens (tertiary/aromatic N) is 1. The van der Waals surface area contributed by atoms with Gasteiger partial charge in [0.15, 0.2) is 0 Å². The lowest BCUT2D eigenvalue weighted by atomic mass is 10.0. The minimum atomic E-state index is -0.555. The molecule has 0 fully saturated rings. The number of carbonyl (C=O) groups is 2. The van der Waals surface area contributed by atoms with Crippen molar-refractivity contribution in [1.29, 1.82) is 0 Å². The molecule has 0 saturated heterocycles. The maximum Gasteiger partial charge on any atom is 0.272 e. The van der Waals surface area contributed by atoms with Gasteiger partial charge in [-0.2, -0.15) is 0 Å². The van der Waals surface area contributed by atoms with Crippen LogP contribution in [0.5, 0.6) is 0 Å². The van der Waals surface area contributed by atoms with Crippen LogP contribution in [0.3, 0.4) is 0 Å². The van der Waals surface area contributed by atoms with Gasteiger partial charge in [0.1, 0.15) is 0 Å². The number of benzene rings is 2. The standard InChI is InChI=1S/C21H26N2O2/c1-15(2)16-11-13-17(14-12-16)19(24)22-23(21(3,4)5)20(25)18-9-7-6-8-10-18/h6-15H,1-5H3,(H,22,24). The van der Waals surface area contributed by atoms with Crippen molar-refractivity contribution in [3.63, 3.8) is 0 Å². The largest absolute Gasteiger partial charge is 0.272 e. The summed E-state index contributed by atoms with van der Waals surface area (Å²) in [5.74, 6) is -0.127. The van der Waals surface area contributed by atoms with Crippen LogP contribution in [-0.4, -0.2) is 22.4 Å². The molecule has 132 valence electrons. The Bertz CT molecular complexity index is 729. The average molecular weight is 338 g/mol. The minimum absolute atomic E-state index is 0.236. The van der Waals surface area contributed by atoms with Crippen LogP contribution in [-0.2, 0) is 0 Å². The molecule has 0 radical (unpaired) electrons. The second-order valence-corrected chi connectivity index (χ2v) is 7.40. The topological polar surface area (TPSA) is 49.4 Å². The highest BCUT2D eigenvalue weighted by atomic mass is 16.2. The molecule has 0 heterocycles. The van der Waals surface area contributed by atoms with Gasteiger partial charge in [0.05, 0.1) is 5.54 Å². The summed E-state index contributed by atoms with van der Waals surface area (Å²) in [7, 11) is 0. The Balaban J connectivity index is 2.22. The van der Waals surface area contributed by atoms with Crippen molar-refractivity contribution in [2.24, 2.45) is 0 Å². The van der Waals surface area contributed by atoms with E-state index in [0.29, 0.717) is 17.0 Å². The van der Waals surface area contributed by atoms with E-state index in [1.807, 2.05) is 39.0 Å². The van der Waals surface area contributed by atoms with E-state index >= 15 is 0 Å². The van der Waals surface area contributed by atoms with E-state index in [0.717, 1.165) is 0 Å². The second-order valence-electron chi connectivity index (χ2n) is 7.40. The summed E-state index contributed by atoms with van der Waals surface area (Å²) < 4.78 is 0. The van der Waals surface area contributed by atoms with Crippen LogP contribution in [0.25, 0.3) is 0 Å². The molecule has 25 heavy (non-hydrogen) atoms. The highest BCUT2D eigenvalue weighted by molar-refractivity contribution is 5.99. The fraction of sp³-hybridized carbons (Fsp3) is 0.333. The first kappa shape index (κ1) is 18.7. The first-order chi connectivity index (χ1) is 11.7. The Morgan fingerprint density at radius 1 is 0.880 bits per heavy atom. The lowest BCUT2D eigenvalue weighted by Crippen LogP contribution is -2.55. The molecule has 0 aromatic heterocycles. The smallest absolute Gasteiger partial charge is 0.267 e. The zero-order valence-corrected chi connectivity index (χ0v) is 15.5. The van der Waals surface area contributed by atoms with Crippen molar-refractivity contribution >= 4 is 11.8 Å². The molecule has 0 unspecified atom stereocenters. The van der Waals surface area contributed by atoms with Gasteiger partial charge in [-0.15, -0.1) is 0 Å². The average Bonchev–Trinajstić information content (AvgIpc) is 2.58. The molecule has 0 aliphatic carbocycles. The van der Waals surface area contributed by atoms with E-state index in [2.05, 4.69) is 19.3 Å². The molecule has 2 aromatic carbocycles. The summed E-state index contributed by atoms with van der Waals surface area (Å²) >= 11 is 0. The third kappa shape index (κ3) is 4.69. The Morgan fingerprint density at radius 2 is 1.44 bits per heavy atom. The van der Waals surface area contributed by atoms with Crippen LogP contribution in [0.1, 0.15) is 66.8 Å². The molecule has 0 aliphatic heterocycles. The van der Waals surface area contributed by atoms with Gasteiger partial charge in [-0.25, -0.2) is 5.01 Å². The molecule has 0 saturated carbocycles. The Labute approximate surface area is 149 Å². The van der Waals surface area contributed by atoms with Gasteiger partial charge in [0, 0.05) is 11.1 Å². The number of amides is 2. The van der Waals surface area contributed by atoms with Crippen LogP contribution >= 0.6 is 0 Å². The molecule has 0 bridgehead atoms. The Hall–Kier alpha value is -2.62. The molecule has 2 aromatic rings. The first-order valence-corrected chi connectivity index (χ1v) is 8.50. The summed E-state index contributed by atoms with van der Waals surface area (Å²) in [4.78, 5) is 25.4. The number of hydrogen-bond donors (Lipinski definition) is 1. The molecular weight excluding hydrogens is 312 g/mol. The van der Waals surface area contributed by atoms with Crippen LogP contribution in [0.2, 0.25) is 0 Å². The van der Waals surface area contributed by atoms with Crippen LogP contribution < -0.4 is 5.43 Å². The van der Waals surface area contributed by atoms with Gasteiger partial charge in [0.25, 0.3) is 11.8 Å². The van der Waals surface area contributed by atoms with Crippen LogP contribution in [0.15, 0.2) is 54.6 Å². The van der Waals surface area contributed by atoms with Gasteiger partial charge in [-0.05, 0) is 56.5 Å². The maximum atomic E-state index is 12.8. The molecule has 0 atom stereocenters. The zero-order valence-electron chi connectivity index (χ0n) is 15.5. The number of rotatable bonds is 3. The molecule has 2 amide bonds. The monoisotopic (exact) mass is 338 g/mol. The molecule has 0 aliphatic rings. The van der Waals surface area contributed by atoms with Crippen molar-refractivity contribution in [2.75, 3.05) is 0 Å². The highest BCUT2D eigenvalue weighted by Crippen LogP contribution is 2.17. The molecule has 1 N–H and O–H groups in total. The third-order valence-corrected chi connectivity index (χ3v) is 3.95. The van der Waals surface area contributed by atoms with Gasteiger partial charge >= 0.3 is 0 Å². The summed E-state index contributed by atoms with van der Waals surface area (Å²) in [6.45, 7) is 9.87. The van der Waals surface area contributed by atoms with Gasteiger partial charge in [0.2, 0.25) is 0 Å². The lowest BCUT2D eigenvalue weighted by molar-refractivity contribution is 0.0358. The summed E-state index contributed by atoms with van der Waals surface area (Å²) in [6, 6.07) is 16.4. The van der Waals surface area contributed by atoms with Crippen molar-refractivity contribution in [1.82, 2.24) is 10.4 Å². The highest BCUT2D eigenvalue weighted by Gasteiger charge is 2.29. The molecule has 0 spiro atoms. The Kier molecular flexibility index (Phi) is 5.62. The predicted octanol–water partition coefficient (Wildman–Crippen LogP) is 4.40. The molecule has 4 nitrogen and oxygen atoms in total. The van der Waals surface area contributed by atoms with Gasteiger partial charge in [-0.1, -0.05) is 44.2 Å². The summed E-state index contributed by atoms with van der Waals surface area (Å²) in [5.41, 5.74) is 4.44. The fourth-order valence-corrected chi connectivity index (χ4v) is 2.42. The zero-order chi connectivity index (χ0) is 18.6. The maximum absolute atomic E-state index is 12.8. The van der Waals surface area contributed by atoms with E-state index in [9.17, 15) is 9.59 Å². The fourth-order valence-electron chi connectivity index (χ4n) is 2.42. The molecule has 4 heteroatoms. The van der Waals surface area contributed by atoms with Crippen molar-refractivity contribution < 1.29 is 9.59 Å². The van der Waals surface area contributed by atoms with Gasteiger partial charge in [-0.3, -0.25) is 15.0 Å². The van der Waals surface area contributed by atoms with E-state index in [1.165, 1.54) is 10.6 Å². The molecule has 2 rings (SSSR count). The predicted molar refractivity (Wildman–Crippen MR) is 100 cm³/mol. The third-order valence-electron chi connectivity index (χ3n) is 3.95. The minimum Gasteiger partial charge on any atom is -0.267 e. The van der Waals surface area contributed by atoms with Crippen molar-refractivity contribution in [3.8, 4) is 0 Å². The van der Waals surface area contributed by atoms with E-state index in [4.69, 9.17) is 0 Å². The van der Waals surface area contributed by atoms with Crippen LogP contribution in [0, 0.1) is 0 Å². The number of nitrogens with one attached hydrogen (secondary N) is 1. The number of carbonyl (C=O) groups excluding carboxylic acids is 2.